The number of anilines is 1. The molecule has 0 saturated heterocycles. The summed E-state index contributed by atoms with van der Waals surface area (Å²) in [7, 11) is 0. The van der Waals surface area contributed by atoms with Crippen LogP contribution in [0.15, 0.2) is 31.0 Å². The Kier molecular flexibility index (Phi) is 3.40. The van der Waals surface area contributed by atoms with Gasteiger partial charge in [-0.15, -0.1) is 0 Å². The summed E-state index contributed by atoms with van der Waals surface area (Å²) >= 11 is 0. The summed E-state index contributed by atoms with van der Waals surface area (Å²) in [5, 5.41) is 3.25. The van der Waals surface area contributed by atoms with Gasteiger partial charge >= 0.3 is 0 Å². The normalized spacial score (nSPS) is 10.7. The van der Waals surface area contributed by atoms with Crippen LogP contribution in [-0.2, 0) is 6.54 Å². The van der Waals surface area contributed by atoms with E-state index in [2.05, 4.69) is 30.2 Å². The molecule has 0 aliphatic rings. The molecule has 3 aromatic rings. The molecule has 0 aliphatic heterocycles. The second-order valence-corrected chi connectivity index (χ2v) is 4.11. The van der Waals surface area contributed by atoms with Crippen molar-refractivity contribution in [3.63, 3.8) is 0 Å². The zero-order chi connectivity index (χ0) is 13.8. The Morgan fingerprint density at radius 1 is 1.25 bits per heavy atom. The smallest absolute Gasteiger partial charge is 0.213 e. The number of aromatic amines is 1. The average Bonchev–Trinajstić information content (AvgIpc) is 2.95. The summed E-state index contributed by atoms with van der Waals surface area (Å²) in [4.78, 5) is 19.5. The van der Waals surface area contributed by atoms with Crippen molar-refractivity contribution in [1.29, 1.82) is 0 Å². The number of hydrogen-bond acceptors (Lipinski definition) is 6. The van der Waals surface area contributed by atoms with Gasteiger partial charge < -0.3 is 15.0 Å². The molecule has 7 nitrogen and oxygen atoms in total. The van der Waals surface area contributed by atoms with Crippen LogP contribution < -0.4 is 10.1 Å². The zero-order valence-corrected chi connectivity index (χ0v) is 11.0. The summed E-state index contributed by atoms with van der Waals surface area (Å²) in [5.41, 5.74) is 2.51. The molecule has 7 heteroatoms. The van der Waals surface area contributed by atoms with E-state index in [9.17, 15) is 0 Å². The van der Waals surface area contributed by atoms with Crippen molar-refractivity contribution in [2.75, 3.05) is 11.9 Å². The fraction of sp³-hybridized carbons (Fsp3) is 0.231. The lowest BCUT2D eigenvalue weighted by atomic mass is 10.2. The van der Waals surface area contributed by atoms with Gasteiger partial charge in [-0.3, -0.25) is 0 Å². The predicted octanol–water partition coefficient (Wildman–Crippen LogP) is 1.76. The fourth-order valence-corrected chi connectivity index (χ4v) is 1.87. The SMILES string of the molecule is CCOc1cc(CNc2ncnc3nc[nH]c23)ccn1. The first kappa shape index (κ1) is 12.3. The van der Waals surface area contributed by atoms with Crippen LogP contribution >= 0.6 is 0 Å². The molecule has 3 rings (SSSR count). The van der Waals surface area contributed by atoms with E-state index in [-0.39, 0.29) is 0 Å². The van der Waals surface area contributed by atoms with Gasteiger partial charge in [-0.2, -0.15) is 0 Å². The molecule has 102 valence electrons. The Morgan fingerprint density at radius 3 is 3.10 bits per heavy atom. The van der Waals surface area contributed by atoms with Crippen molar-refractivity contribution >= 4 is 17.0 Å². The van der Waals surface area contributed by atoms with Crippen LogP contribution in [0.4, 0.5) is 5.82 Å². The number of fused-ring (bicyclic) bond motifs is 1. The number of imidazole rings is 1. The number of ether oxygens (including phenoxy) is 1. The van der Waals surface area contributed by atoms with Crippen molar-refractivity contribution in [3.05, 3.63) is 36.5 Å². The molecule has 0 saturated carbocycles. The molecule has 0 amide bonds. The number of nitrogens with one attached hydrogen (secondary N) is 2. The van der Waals surface area contributed by atoms with Crippen molar-refractivity contribution < 1.29 is 4.74 Å². The number of hydrogen-bond donors (Lipinski definition) is 2. The molecule has 0 spiro atoms. The minimum Gasteiger partial charge on any atom is -0.478 e. The van der Waals surface area contributed by atoms with Gasteiger partial charge in [0.2, 0.25) is 5.88 Å². The highest BCUT2D eigenvalue weighted by molar-refractivity contribution is 5.81. The van der Waals surface area contributed by atoms with Gasteiger partial charge in [-0.05, 0) is 18.6 Å². The first-order valence-electron chi connectivity index (χ1n) is 6.32. The van der Waals surface area contributed by atoms with Crippen LogP contribution in [0.1, 0.15) is 12.5 Å². The maximum atomic E-state index is 5.38. The Morgan fingerprint density at radius 2 is 2.20 bits per heavy atom. The Bertz CT molecular complexity index is 711. The van der Waals surface area contributed by atoms with E-state index in [1.807, 2.05) is 19.1 Å². The van der Waals surface area contributed by atoms with Gasteiger partial charge in [0.05, 0.1) is 12.9 Å². The zero-order valence-electron chi connectivity index (χ0n) is 11.0. The molecule has 20 heavy (non-hydrogen) atoms. The highest BCUT2D eigenvalue weighted by Crippen LogP contribution is 2.16. The summed E-state index contributed by atoms with van der Waals surface area (Å²) in [6, 6.07) is 3.84. The van der Waals surface area contributed by atoms with E-state index >= 15 is 0 Å². The maximum Gasteiger partial charge on any atom is 0.213 e. The first-order valence-corrected chi connectivity index (χ1v) is 6.32. The fourth-order valence-electron chi connectivity index (χ4n) is 1.87. The highest BCUT2D eigenvalue weighted by atomic mass is 16.5. The lowest BCUT2D eigenvalue weighted by Gasteiger charge is -2.07. The van der Waals surface area contributed by atoms with E-state index in [4.69, 9.17) is 4.74 Å². The van der Waals surface area contributed by atoms with E-state index in [1.165, 1.54) is 6.33 Å². The monoisotopic (exact) mass is 270 g/mol. The van der Waals surface area contributed by atoms with Crippen LogP contribution in [0, 0.1) is 0 Å². The summed E-state index contributed by atoms with van der Waals surface area (Å²) in [6.45, 7) is 3.15. The second kappa shape index (κ2) is 5.52. The quantitative estimate of drug-likeness (QED) is 0.734. The maximum absolute atomic E-state index is 5.38. The number of H-pyrrole nitrogens is 1. The van der Waals surface area contributed by atoms with E-state index in [0.29, 0.717) is 24.7 Å². The summed E-state index contributed by atoms with van der Waals surface area (Å²) in [6.07, 6.45) is 4.82. The molecule has 2 N–H and O–H groups in total. The lowest BCUT2D eigenvalue weighted by Crippen LogP contribution is -2.03. The van der Waals surface area contributed by atoms with Crippen molar-refractivity contribution in [3.8, 4) is 5.88 Å². The molecule has 0 atom stereocenters. The Labute approximate surface area is 115 Å². The summed E-state index contributed by atoms with van der Waals surface area (Å²) < 4.78 is 5.38. The van der Waals surface area contributed by atoms with Gasteiger partial charge in [0, 0.05) is 18.8 Å². The van der Waals surface area contributed by atoms with E-state index in [1.54, 1.807) is 12.5 Å². The van der Waals surface area contributed by atoms with Gasteiger partial charge in [-0.1, -0.05) is 0 Å². The van der Waals surface area contributed by atoms with Gasteiger partial charge in [0.25, 0.3) is 0 Å². The van der Waals surface area contributed by atoms with E-state index < -0.39 is 0 Å². The molecule has 0 aromatic carbocycles. The highest BCUT2D eigenvalue weighted by Gasteiger charge is 2.05. The van der Waals surface area contributed by atoms with Gasteiger partial charge in [0.1, 0.15) is 11.8 Å². The lowest BCUT2D eigenvalue weighted by molar-refractivity contribution is 0.326. The topological polar surface area (TPSA) is 88.6 Å². The largest absolute Gasteiger partial charge is 0.478 e. The minimum absolute atomic E-state index is 0.602. The third-order valence-corrected chi connectivity index (χ3v) is 2.77. The van der Waals surface area contributed by atoms with Crippen LogP contribution in [0.2, 0.25) is 0 Å². The second-order valence-electron chi connectivity index (χ2n) is 4.11. The van der Waals surface area contributed by atoms with Crippen molar-refractivity contribution in [2.45, 2.75) is 13.5 Å². The third kappa shape index (κ3) is 2.51. The predicted molar refractivity (Wildman–Crippen MR) is 74.4 cm³/mol. The number of pyridine rings is 1. The third-order valence-electron chi connectivity index (χ3n) is 2.77. The molecule has 0 radical (unpaired) electrons. The molecule has 0 unspecified atom stereocenters. The van der Waals surface area contributed by atoms with Crippen LogP contribution in [0.5, 0.6) is 5.88 Å². The van der Waals surface area contributed by atoms with Crippen molar-refractivity contribution in [2.24, 2.45) is 0 Å². The molecule has 0 fully saturated rings. The van der Waals surface area contributed by atoms with Crippen LogP contribution in [0.3, 0.4) is 0 Å². The van der Waals surface area contributed by atoms with Crippen LogP contribution in [-0.4, -0.2) is 31.5 Å². The minimum atomic E-state index is 0.602. The first-order chi connectivity index (χ1) is 9.86. The molecule has 0 bridgehead atoms. The number of rotatable bonds is 5. The molecule has 3 aromatic heterocycles. The summed E-state index contributed by atoms with van der Waals surface area (Å²) in [5.74, 6) is 1.35. The van der Waals surface area contributed by atoms with Gasteiger partial charge in [-0.25, -0.2) is 19.9 Å². The van der Waals surface area contributed by atoms with E-state index in [0.717, 1.165) is 16.9 Å². The van der Waals surface area contributed by atoms with Gasteiger partial charge in [0.15, 0.2) is 11.5 Å². The standard InChI is InChI=1S/C13H14N6O/c1-2-20-10-5-9(3-4-14-10)6-15-12-11-13(17-7-16-11)19-8-18-12/h3-5,7-8H,2,6H2,1H3,(H2,15,16,17,18,19). The molecular formula is C13H14N6O. The Balaban J connectivity index is 1.76. The average molecular weight is 270 g/mol. The molecule has 3 heterocycles. The number of nitrogens with zero attached hydrogens (tertiary/aromatic N) is 4. The molecular weight excluding hydrogens is 256 g/mol. The number of aromatic nitrogens is 5. The molecule has 0 aliphatic carbocycles. The Hall–Kier alpha value is -2.70. The van der Waals surface area contributed by atoms with Crippen molar-refractivity contribution in [1.82, 2.24) is 24.9 Å². The van der Waals surface area contributed by atoms with Crippen LogP contribution in [0.25, 0.3) is 11.2 Å².